The van der Waals surface area contributed by atoms with E-state index in [1.165, 1.54) is 30.4 Å². The number of hydrogen-bond donors (Lipinski definition) is 1. The summed E-state index contributed by atoms with van der Waals surface area (Å²) in [5.41, 5.74) is 2.49. The van der Waals surface area contributed by atoms with Gasteiger partial charge in [-0.25, -0.2) is 0 Å². The topological polar surface area (TPSA) is 32.3 Å². The fraction of sp³-hybridized carbons (Fsp3) is 0.562. The number of nitrogens with one attached hydrogen (secondary N) is 1. The van der Waals surface area contributed by atoms with Crippen LogP contribution in [0.5, 0.6) is 0 Å². The number of carbonyl (C=O) groups excluding carboxylic acids is 1. The maximum absolute atomic E-state index is 12.1. The van der Waals surface area contributed by atoms with Crippen LogP contribution >= 0.6 is 0 Å². The van der Waals surface area contributed by atoms with Crippen molar-refractivity contribution in [2.24, 2.45) is 5.92 Å². The lowest BCUT2D eigenvalue weighted by atomic mass is 9.83. The summed E-state index contributed by atoms with van der Waals surface area (Å²) < 4.78 is 0. The quantitative estimate of drug-likeness (QED) is 0.900. The van der Waals surface area contributed by atoms with E-state index in [0.29, 0.717) is 6.54 Å². The van der Waals surface area contributed by atoms with Crippen LogP contribution in [0.4, 0.5) is 0 Å². The number of nitrogens with zero attached hydrogens (tertiary/aromatic N) is 1. The summed E-state index contributed by atoms with van der Waals surface area (Å²) in [6.45, 7) is 3.49. The van der Waals surface area contributed by atoms with Crippen molar-refractivity contribution < 1.29 is 4.79 Å². The Labute approximate surface area is 115 Å². The van der Waals surface area contributed by atoms with Gasteiger partial charge < -0.3 is 4.90 Å². The number of aryl methyl sites for hydroxylation is 1. The fourth-order valence-corrected chi connectivity index (χ4v) is 3.07. The molecule has 1 N–H and O–H groups in total. The van der Waals surface area contributed by atoms with E-state index >= 15 is 0 Å². The molecule has 1 heterocycles. The lowest BCUT2D eigenvalue weighted by molar-refractivity contribution is -0.128. The van der Waals surface area contributed by atoms with Crippen LogP contribution in [0.15, 0.2) is 24.3 Å². The van der Waals surface area contributed by atoms with Crippen LogP contribution in [0.25, 0.3) is 0 Å². The molecule has 3 nitrogen and oxygen atoms in total. The predicted octanol–water partition coefficient (Wildman–Crippen LogP) is 2.62. The molecule has 0 aromatic heterocycles. The van der Waals surface area contributed by atoms with Crippen molar-refractivity contribution in [2.75, 3.05) is 13.1 Å². The average molecular weight is 258 g/mol. The second-order valence-electron chi connectivity index (χ2n) is 5.81. The SMILES string of the molecule is Cc1ccccc1C1NCC(=O)N1CCC1CCC1. The molecular weight excluding hydrogens is 236 g/mol. The van der Waals surface area contributed by atoms with Gasteiger partial charge in [-0.3, -0.25) is 10.1 Å². The van der Waals surface area contributed by atoms with E-state index in [9.17, 15) is 4.79 Å². The number of carbonyl (C=O) groups is 1. The van der Waals surface area contributed by atoms with Crippen molar-refractivity contribution in [3.63, 3.8) is 0 Å². The van der Waals surface area contributed by atoms with E-state index < -0.39 is 0 Å². The lowest BCUT2D eigenvalue weighted by Gasteiger charge is -2.30. The monoisotopic (exact) mass is 258 g/mol. The molecule has 1 unspecified atom stereocenters. The minimum absolute atomic E-state index is 0.0776. The molecule has 1 saturated heterocycles. The zero-order chi connectivity index (χ0) is 13.2. The van der Waals surface area contributed by atoms with Crippen LogP contribution in [0.3, 0.4) is 0 Å². The van der Waals surface area contributed by atoms with Gasteiger partial charge in [-0.15, -0.1) is 0 Å². The summed E-state index contributed by atoms with van der Waals surface area (Å²) in [6, 6.07) is 8.34. The Balaban J connectivity index is 1.72. The van der Waals surface area contributed by atoms with Crippen molar-refractivity contribution in [3.8, 4) is 0 Å². The molecule has 2 fully saturated rings. The van der Waals surface area contributed by atoms with Crippen molar-refractivity contribution in [1.82, 2.24) is 10.2 Å². The van der Waals surface area contributed by atoms with Gasteiger partial charge in [0.1, 0.15) is 6.17 Å². The van der Waals surface area contributed by atoms with Crippen LogP contribution in [-0.2, 0) is 4.79 Å². The number of hydrogen-bond acceptors (Lipinski definition) is 2. The first kappa shape index (κ1) is 12.7. The normalized spacial score (nSPS) is 23.7. The lowest BCUT2D eigenvalue weighted by Crippen LogP contribution is -2.33. The van der Waals surface area contributed by atoms with Crippen molar-refractivity contribution in [2.45, 2.75) is 38.8 Å². The minimum Gasteiger partial charge on any atom is -0.322 e. The van der Waals surface area contributed by atoms with Gasteiger partial charge in [-0.05, 0) is 30.4 Å². The molecule has 0 radical (unpaired) electrons. The predicted molar refractivity (Wildman–Crippen MR) is 75.6 cm³/mol. The Hall–Kier alpha value is -1.35. The van der Waals surface area contributed by atoms with E-state index in [-0.39, 0.29) is 12.1 Å². The third-order valence-corrected chi connectivity index (χ3v) is 4.56. The average Bonchev–Trinajstić information content (AvgIpc) is 2.70. The molecular formula is C16H22N2O. The van der Waals surface area contributed by atoms with Gasteiger partial charge in [0.05, 0.1) is 6.54 Å². The molecule has 19 heavy (non-hydrogen) atoms. The van der Waals surface area contributed by atoms with Crippen LogP contribution in [0, 0.1) is 12.8 Å². The zero-order valence-corrected chi connectivity index (χ0v) is 11.6. The molecule has 1 aromatic carbocycles. The first-order chi connectivity index (χ1) is 9.25. The summed E-state index contributed by atoms with van der Waals surface area (Å²) in [6.07, 6.45) is 5.32. The van der Waals surface area contributed by atoms with Gasteiger partial charge in [-0.1, -0.05) is 43.5 Å². The first-order valence-corrected chi connectivity index (χ1v) is 7.34. The molecule has 0 bridgehead atoms. The second-order valence-corrected chi connectivity index (χ2v) is 5.81. The summed E-state index contributed by atoms with van der Waals surface area (Å²) in [5.74, 6) is 1.10. The Morgan fingerprint density at radius 2 is 2.11 bits per heavy atom. The molecule has 3 rings (SSSR count). The molecule has 1 atom stereocenters. The first-order valence-electron chi connectivity index (χ1n) is 7.34. The minimum atomic E-state index is 0.0776. The van der Waals surface area contributed by atoms with Gasteiger partial charge in [0.2, 0.25) is 5.91 Å². The molecule has 102 valence electrons. The van der Waals surface area contributed by atoms with Gasteiger partial charge in [-0.2, -0.15) is 0 Å². The number of benzene rings is 1. The standard InChI is InChI=1S/C16H22N2O/c1-12-5-2-3-8-14(12)16-17-11-15(19)18(16)10-9-13-6-4-7-13/h2-3,5,8,13,16-17H,4,6-7,9-11H2,1H3. The molecule has 1 aromatic rings. The highest BCUT2D eigenvalue weighted by Gasteiger charge is 2.32. The highest BCUT2D eigenvalue weighted by atomic mass is 16.2. The molecule has 1 saturated carbocycles. The van der Waals surface area contributed by atoms with Crippen LogP contribution in [-0.4, -0.2) is 23.9 Å². The molecule has 2 aliphatic rings. The zero-order valence-electron chi connectivity index (χ0n) is 11.6. The molecule has 3 heteroatoms. The van der Waals surface area contributed by atoms with Gasteiger partial charge >= 0.3 is 0 Å². The van der Waals surface area contributed by atoms with E-state index in [4.69, 9.17) is 0 Å². The molecule has 1 aliphatic carbocycles. The van der Waals surface area contributed by atoms with Crippen LogP contribution in [0.1, 0.15) is 43.0 Å². The van der Waals surface area contributed by atoms with E-state index in [0.717, 1.165) is 18.9 Å². The van der Waals surface area contributed by atoms with Crippen molar-refractivity contribution in [3.05, 3.63) is 35.4 Å². The Bertz CT molecular complexity index is 468. The molecule has 1 aliphatic heterocycles. The highest BCUT2D eigenvalue weighted by molar-refractivity contribution is 5.81. The maximum atomic E-state index is 12.1. The van der Waals surface area contributed by atoms with Gasteiger partial charge in [0.15, 0.2) is 0 Å². The summed E-state index contributed by atoms with van der Waals surface area (Å²) >= 11 is 0. The van der Waals surface area contributed by atoms with Gasteiger partial charge in [0.25, 0.3) is 0 Å². The van der Waals surface area contributed by atoms with Crippen LogP contribution < -0.4 is 5.32 Å². The number of amides is 1. The van der Waals surface area contributed by atoms with Crippen molar-refractivity contribution >= 4 is 5.91 Å². The summed E-state index contributed by atoms with van der Waals surface area (Å²) in [4.78, 5) is 14.1. The maximum Gasteiger partial charge on any atom is 0.238 e. The van der Waals surface area contributed by atoms with E-state index in [2.05, 4.69) is 30.4 Å². The third kappa shape index (κ3) is 2.52. The Kier molecular flexibility index (Phi) is 3.56. The second kappa shape index (κ2) is 5.33. The van der Waals surface area contributed by atoms with E-state index in [1.54, 1.807) is 0 Å². The fourth-order valence-electron chi connectivity index (χ4n) is 3.07. The Morgan fingerprint density at radius 3 is 2.79 bits per heavy atom. The smallest absolute Gasteiger partial charge is 0.238 e. The van der Waals surface area contributed by atoms with Gasteiger partial charge in [0, 0.05) is 6.54 Å². The van der Waals surface area contributed by atoms with Crippen LogP contribution in [0.2, 0.25) is 0 Å². The number of rotatable bonds is 4. The molecule has 0 spiro atoms. The summed E-state index contributed by atoms with van der Waals surface area (Å²) in [5, 5.41) is 3.35. The molecule has 1 amide bonds. The third-order valence-electron chi connectivity index (χ3n) is 4.56. The Morgan fingerprint density at radius 1 is 1.32 bits per heavy atom. The van der Waals surface area contributed by atoms with E-state index in [1.807, 2.05) is 11.0 Å². The largest absolute Gasteiger partial charge is 0.322 e. The van der Waals surface area contributed by atoms with Crippen molar-refractivity contribution in [1.29, 1.82) is 0 Å². The highest BCUT2D eigenvalue weighted by Crippen LogP contribution is 2.31. The summed E-state index contributed by atoms with van der Waals surface area (Å²) in [7, 11) is 0.